The third-order valence-electron chi connectivity index (χ3n) is 4.97. The Balaban J connectivity index is 1.67. The molecule has 0 aliphatic heterocycles. The van der Waals surface area contributed by atoms with Crippen LogP contribution >= 0.6 is 23.1 Å². The highest BCUT2D eigenvalue weighted by molar-refractivity contribution is 7.99. The number of thioether (sulfide) groups is 1. The first-order valence-electron chi connectivity index (χ1n) is 9.04. The van der Waals surface area contributed by atoms with Crippen molar-refractivity contribution in [3.63, 3.8) is 0 Å². The Labute approximate surface area is 155 Å². The summed E-state index contributed by atoms with van der Waals surface area (Å²) in [6, 6.07) is 0.364. The third-order valence-corrected chi connectivity index (χ3v) is 7.10. The van der Waals surface area contributed by atoms with E-state index in [0.29, 0.717) is 29.4 Å². The first-order valence-corrected chi connectivity index (χ1v) is 10.8. The average Bonchev–Trinajstić information content (AvgIpc) is 3.31. The summed E-state index contributed by atoms with van der Waals surface area (Å²) in [5.41, 5.74) is 1.28. The predicted molar refractivity (Wildman–Crippen MR) is 103 cm³/mol. The number of thiophene rings is 1. The highest BCUT2D eigenvalue weighted by atomic mass is 32.2. The summed E-state index contributed by atoms with van der Waals surface area (Å²) in [5, 5.41) is 4.47. The third kappa shape index (κ3) is 3.36. The van der Waals surface area contributed by atoms with Crippen LogP contribution in [0.25, 0.3) is 10.2 Å². The van der Waals surface area contributed by atoms with Gasteiger partial charge >= 0.3 is 0 Å². The molecule has 2 heterocycles. The maximum absolute atomic E-state index is 13.0. The second-order valence-electron chi connectivity index (χ2n) is 7.11. The van der Waals surface area contributed by atoms with Crippen LogP contribution in [0.1, 0.15) is 43.6 Å². The maximum atomic E-state index is 13.0. The molecule has 2 aromatic rings. The number of amides is 1. The minimum Gasteiger partial charge on any atom is -0.353 e. The lowest BCUT2D eigenvalue weighted by Crippen LogP contribution is -2.28. The second-order valence-corrected chi connectivity index (χ2v) is 9.13. The van der Waals surface area contributed by atoms with Crippen molar-refractivity contribution in [1.82, 2.24) is 14.9 Å². The van der Waals surface area contributed by atoms with Gasteiger partial charge in [0.15, 0.2) is 5.16 Å². The molecule has 4 rings (SSSR count). The minimum atomic E-state index is 0.0313. The van der Waals surface area contributed by atoms with E-state index < -0.39 is 0 Å². The van der Waals surface area contributed by atoms with Gasteiger partial charge in [-0.2, -0.15) is 0 Å². The lowest BCUT2D eigenvalue weighted by molar-refractivity contribution is -0.118. The Bertz CT molecular complexity index is 883. The Morgan fingerprint density at radius 2 is 2.20 bits per heavy atom. The van der Waals surface area contributed by atoms with Crippen LogP contribution in [0.3, 0.4) is 0 Å². The summed E-state index contributed by atoms with van der Waals surface area (Å²) < 4.78 is 1.72. The fourth-order valence-corrected chi connectivity index (χ4v) is 5.72. The molecule has 0 spiro atoms. The Hall–Kier alpha value is -1.34. The monoisotopic (exact) mass is 377 g/mol. The van der Waals surface area contributed by atoms with Gasteiger partial charge in [-0.05, 0) is 50.5 Å². The van der Waals surface area contributed by atoms with E-state index in [1.807, 2.05) is 6.92 Å². The Morgan fingerprint density at radius 1 is 1.40 bits per heavy atom. The van der Waals surface area contributed by atoms with E-state index in [1.165, 1.54) is 22.2 Å². The molecule has 0 saturated heterocycles. The smallest absolute Gasteiger partial charge is 0.263 e. The van der Waals surface area contributed by atoms with E-state index in [4.69, 9.17) is 4.98 Å². The van der Waals surface area contributed by atoms with Gasteiger partial charge in [0, 0.05) is 17.5 Å². The Kier molecular flexibility index (Phi) is 4.62. The maximum Gasteiger partial charge on any atom is 0.263 e. The molecule has 0 radical (unpaired) electrons. The first kappa shape index (κ1) is 17.1. The van der Waals surface area contributed by atoms with Gasteiger partial charge in [-0.25, -0.2) is 4.98 Å². The predicted octanol–water partition coefficient (Wildman–Crippen LogP) is 2.97. The number of aryl methyl sites for hydroxylation is 1. The van der Waals surface area contributed by atoms with Crippen LogP contribution in [0.2, 0.25) is 0 Å². The van der Waals surface area contributed by atoms with Crippen molar-refractivity contribution in [2.75, 3.05) is 5.75 Å². The quantitative estimate of drug-likeness (QED) is 0.643. The van der Waals surface area contributed by atoms with E-state index in [-0.39, 0.29) is 11.5 Å². The van der Waals surface area contributed by atoms with Crippen LogP contribution in [0.5, 0.6) is 0 Å². The fraction of sp³-hybridized carbons (Fsp3) is 0.611. The van der Waals surface area contributed by atoms with E-state index in [9.17, 15) is 9.59 Å². The van der Waals surface area contributed by atoms with Crippen molar-refractivity contribution in [3.05, 3.63) is 20.8 Å². The number of nitrogens with zero attached hydrogens (tertiary/aromatic N) is 2. The molecule has 25 heavy (non-hydrogen) atoms. The largest absolute Gasteiger partial charge is 0.353 e. The number of carbonyl (C=O) groups excluding carboxylic acids is 1. The van der Waals surface area contributed by atoms with Crippen molar-refractivity contribution in [3.8, 4) is 0 Å². The molecule has 7 heteroatoms. The molecule has 1 saturated carbocycles. The minimum absolute atomic E-state index is 0.0313. The topological polar surface area (TPSA) is 64.0 Å². The van der Waals surface area contributed by atoms with Crippen LogP contribution in [-0.2, 0) is 24.2 Å². The Morgan fingerprint density at radius 3 is 2.92 bits per heavy atom. The molecule has 1 fully saturated rings. The van der Waals surface area contributed by atoms with Crippen LogP contribution in [-0.4, -0.2) is 27.3 Å². The standard InChI is InChI=1S/C18H23N3O2S2/c1-3-21-17(23)15-12-7-4-10(2)8-13(12)25-16(15)20-18(21)24-9-14(22)19-11-5-6-11/h10-11H,3-9H2,1-2H3,(H,19,22)/t10-/m1/s1. The first-order chi connectivity index (χ1) is 12.1. The van der Waals surface area contributed by atoms with Crippen molar-refractivity contribution < 1.29 is 4.79 Å². The lowest BCUT2D eigenvalue weighted by atomic mass is 9.89. The SMILES string of the molecule is CCn1c(SCC(=O)NC2CC2)nc2sc3c(c2c1=O)CC[C@@H](C)C3. The summed E-state index contributed by atoms with van der Waals surface area (Å²) in [4.78, 5) is 32.0. The van der Waals surface area contributed by atoms with Gasteiger partial charge in [0.2, 0.25) is 5.91 Å². The van der Waals surface area contributed by atoms with Crippen molar-refractivity contribution in [2.24, 2.45) is 5.92 Å². The molecule has 0 unspecified atom stereocenters. The van der Waals surface area contributed by atoms with Crippen LogP contribution < -0.4 is 10.9 Å². The molecule has 5 nitrogen and oxygen atoms in total. The average molecular weight is 378 g/mol. The van der Waals surface area contributed by atoms with Gasteiger partial charge in [-0.3, -0.25) is 14.2 Å². The summed E-state index contributed by atoms with van der Waals surface area (Å²) in [6.45, 7) is 4.81. The molecule has 2 aliphatic rings. The molecule has 1 N–H and O–H groups in total. The van der Waals surface area contributed by atoms with Crippen molar-refractivity contribution in [2.45, 2.75) is 63.7 Å². The van der Waals surface area contributed by atoms with Gasteiger partial charge in [0.25, 0.3) is 5.56 Å². The number of aromatic nitrogens is 2. The molecule has 134 valence electrons. The van der Waals surface area contributed by atoms with Crippen molar-refractivity contribution >= 4 is 39.2 Å². The summed E-state index contributed by atoms with van der Waals surface area (Å²) in [6.07, 6.45) is 5.34. The van der Waals surface area contributed by atoms with Gasteiger partial charge < -0.3 is 5.32 Å². The summed E-state index contributed by atoms with van der Waals surface area (Å²) in [5.74, 6) is 1.02. The summed E-state index contributed by atoms with van der Waals surface area (Å²) in [7, 11) is 0. The van der Waals surface area contributed by atoms with Gasteiger partial charge in [0.1, 0.15) is 4.83 Å². The molecular weight excluding hydrogens is 354 g/mol. The van der Waals surface area contributed by atoms with Crippen LogP contribution in [0.4, 0.5) is 0 Å². The lowest BCUT2D eigenvalue weighted by Gasteiger charge is -2.17. The van der Waals surface area contributed by atoms with E-state index in [0.717, 1.165) is 42.3 Å². The van der Waals surface area contributed by atoms with Gasteiger partial charge in [-0.1, -0.05) is 18.7 Å². The van der Waals surface area contributed by atoms with Crippen LogP contribution in [0.15, 0.2) is 9.95 Å². The molecule has 2 aromatic heterocycles. The molecule has 2 aliphatic carbocycles. The zero-order chi connectivity index (χ0) is 17.6. The van der Waals surface area contributed by atoms with Crippen molar-refractivity contribution in [1.29, 1.82) is 0 Å². The number of hydrogen-bond donors (Lipinski definition) is 1. The molecular formula is C18H23N3O2S2. The highest BCUT2D eigenvalue weighted by Crippen LogP contribution is 2.36. The number of hydrogen-bond acceptors (Lipinski definition) is 5. The van der Waals surface area contributed by atoms with Gasteiger partial charge in [0.05, 0.1) is 11.1 Å². The number of fused-ring (bicyclic) bond motifs is 3. The van der Waals surface area contributed by atoms with E-state index in [2.05, 4.69) is 12.2 Å². The normalized spacial score (nSPS) is 19.8. The zero-order valence-electron chi connectivity index (χ0n) is 14.6. The van der Waals surface area contributed by atoms with E-state index >= 15 is 0 Å². The molecule has 1 amide bonds. The number of nitrogens with one attached hydrogen (secondary N) is 1. The second kappa shape index (κ2) is 6.76. The number of rotatable bonds is 5. The van der Waals surface area contributed by atoms with Crippen LogP contribution in [0, 0.1) is 5.92 Å². The number of carbonyl (C=O) groups is 1. The summed E-state index contributed by atoms with van der Waals surface area (Å²) >= 11 is 3.04. The van der Waals surface area contributed by atoms with E-state index in [1.54, 1.807) is 15.9 Å². The van der Waals surface area contributed by atoms with Gasteiger partial charge in [-0.15, -0.1) is 11.3 Å². The highest BCUT2D eigenvalue weighted by Gasteiger charge is 2.25. The molecule has 0 aromatic carbocycles. The molecule has 0 bridgehead atoms. The molecule has 1 atom stereocenters. The zero-order valence-corrected chi connectivity index (χ0v) is 16.3. The fourth-order valence-electron chi connectivity index (χ4n) is 3.42.